The second-order valence-electron chi connectivity index (χ2n) is 10.6. The van der Waals surface area contributed by atoms with Crippen LogP contribution in [0.25, 0.3) is 0 Å². The lowest BCUT2D eigenvalue weighted by molar-refractivity contribution is -0.138. The zero-order valence-electron chi connectivity index (χ0n) is 22.0. The molecule has 2 amide bonds. The smallest absolute Gasteiger partial charge is 0.226 e. The van der Waals surface area contributed by atoms with E-state index in [-0.39, 0.29) is 18.2 Å². The fraction of sp³-hybridized carbons (Fsp3) is 0.917. The summed E-state index contributed by atoms with van der Waals surface area (Å²) in [6.07, 6.45) is 7.10. The third-order valence-electron chi connectivity index (χ3n) is 6.34. The average Bonchev–Trinajstić information content (AvgIpc) is 2.69. The van der Waals surface area contributed by atoms with Crippen molar-refractivity contribution in [3.63, 3.8) is 0 Å². The van der Waals surface area contributed by atoms with Crippen LogP contribution in [-0.4, -0.2) is 59.3 Å². The largest absolute Gasteiger partial charge is 0.366 e. The molecule has 0 saturated heterocycles. The zero-order valence-corrected chi connectivity index (χ0v) is 22.8. The van der Waals surface area contributed by atoms with Crippen LogP contribution in [0.4, 0.5) is 0 Å². The molecule has 0 heterocycles. The third kappa shape index (κ3) is 13.8. The molecule has 0 aromatic rings. The van der Waals surface area contributed by atoms with Gasteiger partial charge in [-0.15, -0.1) is 0 Å². The number of nitrogens with one attached hydrogen (secondary N) is 2. The third-order valence-corrected chi connectivity index (χ3v) is 7.45. The van der Waals surface area contributed by atoms with E-state index in [4.69, 9.17) is 0 Å². The summed E-state index contributed by atoms with van der Waals surface area (Å²) in [4.78, 5) is 25.8. The van der Waals surface area contributed by atoms with Gasteiger partial charge >= 0.3 is 0 Å². The van der Waals surface area contributed by atoms with Crippen molar-refractivity contribution in [2.24, 2.45) is 11.3 Å². The number of aliphatic hydroxyl groups excluding tert-OH is 1. The molecule has 0 aromatic heterocycles. The highest BCUT2D eigenvalue weighted by atomic mass is 32.3. The van der Waals surface area contributed by atoms with Gasteiger partial charge in [0.15, 0.2) is 6.29 Å². The topological polar surface area (TPSA) is 159 Å². The lowest BCUT2D eigenvalue weighted by atomic mass is 9.77. The Kier molecular flexibility index (Phi) is 14.8. The molecule has 0 spiro atoms. The Bertz CT molecular complexity index is 611. The van der Waals surface area contributed by atoms with Crippen molar-refractivity contribution < 1.29 is 33.5 Å². The monoisotopic (exact) mass is 510 g/mol. The number of unbranched alkanes of at least 4 members (excludes halogenated alkanes) is 6. The molecule has 0 bridgehead atoms. The van der Waals surface area contributed by atoms with E-state index < -0.39 is 45.8 Å². The lowest BCUT2D eigenvalue weighted by Gasteiger charge is -2.35. The number of aliphatic hydroxyl groups is 2. The predicted octanol–water partition coefficient (Wildman–Crippen LogP) is 4.48. The van der Waals surface area contributed by atoms with Crippen LogP contribution in [0.5, 0.6) is 0 Å². The number of hydrogen-bond acceptors (Lipinski definition) is 7. The van der Waals surface area contributed by atoms with Crippen molar-refractivity contribution in [2.45, 2.75) is 124 Å². The van der Waals surface area contributed by atoms with Crippen LogP contribution in [0.1, 0.15) is 106 Å². The van der Waals surface area contributed by atoms with Gasteiger partial charge in [0, 0.05) is 16.9 Å². The predicted molar refractivity (Wildman–Crippen MR) is 138 cm³/mol. The SMILES string of the molecule is CCCCCCCCCC(NC(=O)C(C)(CC)CC(C)C(=O)NC(C)(C)CS(O)(O)O)C(O)O. The molecule has 9 nitrogen and oxygen atoms in total. The molecule has 0 fully saturated rings. The fourth-order valence-corrected chi connectivity index (χ4v) is 5.14. The average molecular weight is 511 g/mol. The number of amides is 2. The Morgan fingerprint density at radius 3 is 1.91 bits per heavy atom. The highest BCUT2D eigenvalue weighted by molar-refractivity contribution is 8.19. The van der Waals surface area contributed by atoms with Crippen molar-refractivity contribution in [3.05, 3.63) is 0 Å². The van der Waals surface area contributed by atoms with Crippen LogP contribution >= 0.6 is 10.9 Å². The maximum Gasteiger partial charge on any atom is 0.226 e. The molecule has 0 rings (SSSR count). The summed E-state index contributed by atoms with van der Waals surface area (Å²) in [6, 6.07) is -0.771. The lowest BCUT2D eigenvalue weighted by Crippen LogP contribution is -2.52. The van der Waals surface area contributed by atoms with Gasteiger partial charge in [0.05, 0.1) is 22.7 Å². The molecule has 10 heteroatoms. The second kappa shape index (κ2) is 15.3. The Balaban J connectivity index is 4.92. The van der Waals surface area contributed by atoms with E-state index in [0.29, 0.717) is 12.8 Å². The summed E-state index contributed by atoms with van der Waals surface area (Å²) in [5, 5.41) is 25.0. The Morgan fingerprint density at radius 2 is 1.44 bits per heavy atom. The first-order chi connectivity index (χ1) is 15.6. The minimum absolute atomic E-state index is 0.221. The van der Waals surface area contributed by atoms with Gasteiger partial charge < -0.3 is 34.5 Å². The van der Waals surface area contributed by atoms with E-state index in [0.717, 1.165) is 25.7 Å². The first-order valence-electron chi connectivity index (χ1n) is 12.5. The highest BCUT2D eigenvalue weighted by Gasteiger charge is 2.38. The maximum absolute atomic E-state index is 13.1. The quantitative estimate of drug-likeness (QED) is 0.106. The van der Waals surface area contributed by atoms with Gasteiger partial charge in [0.2, 0.25) is 11.8 Å². The van der Waals surface area contributed by atoms with Crippen LogP contribution in [0, 0.1) is 11.3 Å². The van der Waals surface area contributed by atoms with Crippen LogP contribution in [0.15, 0.2) is 0 Å². The summed E-state index contributed by atoms with van der Waals surface area (Å²) < 4.78 is 27.9. The van der Waals surface area contributed by atoms with Gasteiger partial charge in [-0.25, -0.2) is 0 Å². The summed E-state index contributed by atoms with van der Waals surface area (Å²) >= 11 is 0. The number of carbonyl (C=O) groups excluding carboxylic acids is 2. The van der Waals surface area contributed by atoms with Gasteiger partial charge in [-0.05, 0) is 33.1 Å². The van der Waals surface area contributed by atoms with Crippen LogP contribution in [-0.2, 0) is 9.59 Å². The molecule has 7 N–H and O–H groups in total. The van der Waals surface area contributed by atoms with E-state index in [1.54, 1.807) is 27.7 Å². The summed E-state index contributed by atoms with van der Waals surface area (Å²) in [7, 11) is -3.77. The van der Waals surface area contributed by atoms with Crippen LogP contribution in [0.3, 0.4) is 0 Å². The number of rotatable bonds is 18. The summed E-state index contributed by atoms with van der Waals surface area (Å²) in [5.74, 6) is -1.68. The van der Waals surface area contributed by atoms with Gasteiger partial charge in [-0.2, -0.15) is 0 Å². The van der Waals surface area contributed by atoms with Crippen LogP contribution in [0.2, 0.25) is 0 Å². The van der Waals surface area contributed by atoms with Gasteiger partial charge in [-0.1, -0.05) is 72.6 Å². The minimum atomic E-state index is -3.77. The van der Waals surface area contributed by atoms with E-state index in [9.17, 15) is 33.5 Å². The van der Waals surface area contributed by atoms with Gasteiger partial charge in [-0.3, -0.25) is 9.59 Å². The Morgan fingerprint density at radius 1 is 0.912 bits per heavy atom. The molecule has 34 heavy (non-hydrogen) atoms. The van der Waals surface area contributed by atoms with Crippen molar-refractivity contribution >= 4 is 22.7 Å². The molecular weight excluding hydrogens is 460 g/mol. The molecule has 3 atom stereocenters. The van der Waals surface area contributed by atoms with E-state index in [1.807, 2.05) is 6.92 Å². The molecule has 0 aliphatic heterocycles. The molecule has 0 aromatic carbocycles. The Labute approximate surface area is 207 Å². The van der Waals surface area contributed by atoms with E-state index >= 15 is 0 Å². The summed E-state index contributed by atoms with van der Waals surface area (Å²) in [6.45, 7) is 10.6. The molecule has 3 unspecified atom stereocenters. The molecule has 204 valence electrons. The highest BCUT2D eigenvalue weighted by Crippen LogP contribution is 2.37. The first kappa shape index (κ1) is 33.1. The molecule has 0 aliphatic carbocycles. The Hall–Kier alpha value is -0.910. The van der Waals surface area contributed by atoms with E-state index in [1.165, 1.54) is 19.3 Å². The standard InChI is InChI=1S/C24H50N2O7S/c1-7-9-10-11-12-13-14-15-19(21(28)29)25-22(30)24(6,8-2)16-18(3)20(27)26-23(4,5)17-34(31,32)33/h18-19,21,28-29,31-33H,7-17H2,1-6H3,(H,25,30)(H,26,27). The molecule has 0 radical (unpaired) electrons. The van der Waals surface area contributed by atoms with Crippen molar-refractivity contribution in [1.29, 1.82) is 0 Å². The normalized spacial score (nSPS) is 16.6. The zero-order chi connectivity index (χ0) is 26.6. The molecule has 0 aliphatic rings. The number of hydrogen-bond donors (Lipinski definition) is 7. The van der Waals surface area contributed by atoms with Crippen molar-refractivity contribution in [3.8, 4) is 0 Å². The van der Waals surface area contributed by atoms with Crippen LogP contribution < -0.4 is 10.6 Å². The first-order valence-corrected chi connectivity index (χ1v) is 14.2. The summed E-state index contributed by atoms with van der Waals surface area (Å²) in [5.41, 5.74) is -1.96. The van der Waals surface area contributed by atoms with Crippen molar-refractivity contribution in [1.82, 2.24) is 10.6 Å². The van der Waals surface area contributed by atoms with E-state index in [2.05, 4.69) is 17.6 Å². The fourth-order valence-electron chi connectivity index (χ4n) is 4.10. The number of carbonyl (C=O) groups is 2. The minimum Gasteiger partial charge on any atom is -0.366 e. The second-order valence-corrected chi connectivity index (χ2v) is 12.1. The molecular formula is C24H50N2O7S. The maximum atomic E-state index is 13.1. The van der Waals surface area contributed by atoms with Crippen molar-refractivity contribution in [2.75, 3.05) is 5.75 Å². The molecule has 0 saturated carbocycles. The van der Waals surface area contributed by atoms with Gasteiger partial charge in [0.25, 0.3) is 0 Å². The van der Waals surface area contributed by atoms with Gasteiger partial charge in [0.1, 0.15) is 0 Å².